The molecular formula is C9H14N2O. The van der Waals surface area contributed by atoms with E-state index in [-0.39, 0.29) is 5.56 Å². The Morgan fingerprint density at radius 3 is 2.83 bits per heavy atom. The summed E-state index contributed by atoms with van der Waals surface area (Å²) in [6, 6.07) is 3.74. The maximum Gasteiger partial charge on any atom is 0.248 e. The van der Waals surface area contributed by atoms with Crippen molar-refractivity contribution < 1.29 is 0 Å². The van der Waals surface area contributed by atoms with Crippen molar-refractivity contribution >= 4 is 5.69 Å². The summed E-state index contributed by atoms with van der Waals surface area (Å²) in [5.41, 5.74) is 0.897. The summed E-state index contributed by atoms with van der Waals surface area (Å²) >= 11 is 0. The van der Waals surface area contributed by atoms with Crippen LogP contribution >= 0.6 is 0 Å². The molecule has 0 saturated heterocycles. The highest BCUT2D eigenvalue weighted by Crippen LogP contribution is 2.04. The third kappa shape index (κ3) is 2.42. The molecule has 1 aromatic rings. The van der Waals surface area contributed by atoms with Crippen LogP contribution in [-0.4, -0.2) is 11.0 Å². The standard InChI is InChI=1S/C9H14N2O/c1-3-7(2)11-8-4-5-9(12)10-6-8/h4-7,11H,3H2,1-2H3,(H,10,12). The number of hydrogen-bond donors (Lipinski definition) is 2. The van der Waals surface area contributed by atoms with Gasteiger partial charge in [-0.1, -0.05) is 6.92 Å². The molecule has 1 rings (SSSR count). The van der Waals surface area contributed by atoms with E-state index < -0.39 is 0 Å². The Labute approximate surface area is 71.8 Å². The first-order valence-electron chi connectivity index (χ1n) is 4.17. The lowest BCUT2D eigenvalue weighted by molar-refractivity contribution is 0.763. The molecule has 1 unspecified atom stereocenters. The maximum atomic E-state index is 10.7. The number of aromatic amines is 1. The summed E-state index contributed by atoms with van der Waals surface area (Å²) in [7, 11) is 0. The highest BCUT2D eigenvalue weighted by atomic mass is 16.1. The van der Waals surface area contributed by atoms with Crippen LogP contribution in [0.3, 0.4) is 0 Å². The maximum absolute atomic E-state index is 10.7. The van der Waals surface area contributed by atoms with E-state index in [0.717, 1.165) is 12.1 Å². The molecule has 66 valence electrons. The van der Waals surface area contributed by atoms with Crippen molar-refractivity contribution in [2.24, 2.45) is 0 Å². The van der Waals surface area contributed by atoms with Crippen molar-refractivity contribution in [3.05, 3.63) is 28.7 Å². The van der Waals surface area contributed by atoms with Gasteiger partial charge in [0.2, 0.25) is 5.56 Å². The van der Waals surface area contributed by atoms with Crippen LogP contribution in [0.1, 0.15) is 20.3 Å². The summed E-state index contributed by atoms with van der Waals surface area (Å²) < 4.78 is 0. The normalized spacial score (nSPS) is 12.5. The van der Waals surface area contributed by atoms with Crippen LogP contribution < -0.4 is 10.9 Å². The Kier molecular flexibility index (Phi) is 2.91. The molecule has 1 aromatic heterocycles. The van der Waals surface area contributed by atoms with Crippen molar-refractivity contribution in [1.29, 1.82) is 0 Å². The second kappa shape index (κ2) is 3.95. The second-order valence-electron chi connectivity index (χ2n) is 2.90. The van der Waals surface area contributed by atoms with E-state index in [4.69, 9.17) is 0 Å². The molecule has 0 aliphatic heterocycles. The molecule has 2 N–H and O–H groups in total. The SMILES string of the molecule is CCC(C)Nc1ccc(=O)[nH]c1. The smallest absolute Gasteiger partial charge is 0.248 e. The van der Waals surface area contributed by atoms with Gasteiger partial charge >= 0.3 is 0 Å². The fourth-order valence-corrected chi connectivity index (χ4v) is 0.887. The molecule has 0 saturated carbocycles. The van der Waals surface area contributed by atoms with E-state index in [1.807, 2.05) is 0 Å². The van der Waals surface area contributed by atoms with E-state index in [0.29, 0.717) is 6.04 Å². The van der Waals surface area contributed by atoms with Gasteiger partial charge in [0.15, 0.2) is 0 Å². The number of rotatable bonds is 3. The highest BCUT2D eigenvalue weighted by Gasteiger charge is 1.96. The highest BCUT2D eigenvalue weighted by molar-refractivity contribution is 5.40. The van der Waals surface area contributed by atoms with Crippen molar-refractivity contribution in [1.82, 2.24) is 4.98 Å². The number of anilines is 1. The van der Waals surface area contributed by atoms with Crippen molar-refractivity contribution in [3.63, 3.8) is 0 Å². The zero-order valence-electron chi connectivity index (χ0n) is 7.42. The van der Waals surface area contributed by atoms with Gasteiger partial charge in [-0.15, -0.1) is 0 Å². The number of hydrogen-bond acceptors (Lipinski definition) is 2. The van der Waals surface area contributed by atoms with E-state index in [1.165, 1.54) is 6.07 Å². The molecule has 0 amide bonds. The molecule has 0 spiro atoms. The van der Waals surface area contributed by atoms with Gasteiger partial charge < -0.3 is 10.3 Å². The molecule has 0 bridgehead atoms. The lowest BCUT2D eigenvalue weighted by Crippen LogP contribution is -2.14. The largest absolute Gasteiger partial charge is 0.381 e. The van der Waals surface area contributed by atoms with Gasteiger partial charge in [0.25, 0.3) is 0 Å². The Morgan fingerprint density at radius 2 is 2.33 bits per heavy atom. The first-order chi connectivity index (χ1) is 5.72. The lowest BCUT2D eigenvalue weighted by atomic mass is 10.2. The van der Waals surface area contributed by atoms with Gasteiger partial charge in [0, 0.05) is 18.3 Å². The van der Waals surface area contributed by atoms with E-state index in [1.54, 1.807) is 12.3 Å². The minimum absolute atomic E-state index is 0.0651. The number of H-pyrrole nitrogens is 1. The average molecular weight is 166 g/mol. The summed E-state index contributed by atoms with van der Waals surface area (Å²) in [6.45, 7) is 4.22. The predicted molar refractivity (Wildman–Crippen MR) is 50.4 cm³/mol. The molecule has 12 heavy (non-hydrogen) atoms. The zero-order valence-corrected chi connectivity index (χ0v) is 7.42. The molecule has 0 aliphatic rings. The number of pyridine rings is 1. The summed E-state index contributed by atoms with van der Waals surface area (Å²) in [5, 5.41) is 3.25. The summed E-state index contributed by atoms with van der Waals surface area (Å²) in [6.07, 6.45) is 2.76. The van der Waals surface area contributed by atoms with Crippen LogP contribution in [0.2, 0.25) is 0 Å². The lowest BCUT2D eigenvalue weighted by Gasteiger charge is -2.11. The van der Waals surface area contributed by atoms with E-state index in [2.05, 4.69) is 24.1 Å². The van der Waals surface area contributed by atoms with Gasteiger partial charge in [-0.3, -0.25) is 4.79 Å². The van der Waals surface area contributed by atoms with Gasteiger partial charge in [0.1, 0.15) is 0 Å². The van der Waals surface area contributed by atoms with Gasteiger partial charge in [-0.25, -0.2) is 0 Å². The minimum Gasteiger partial charge on any atom is -0.381 e. The first-order valence-corrected chi connectivity index (χ1v) is 4.17. The van der Waals surface area contributed by atoms with Crippen LogP contribution in [0.25, 0.3) is 0 Å². The Morgan fingerprint density at radius 1 is 1.58 bits per heavy atom. The minimum atomic E-state index is -0.0651. The second-order valence-corrected chi connectivity index (χ2v) is 2.90. The zero-order chi connectivity index (χ0) is 8.97. The van der Waals surface area contributed by atoms with Crippen molar-refractivity contribution in [2.45, 2.75) is 26.3 Å². The van der Waals surface area contributed by atoms with Crippen LogP contribution in [-0.2, 0) is 0 Å². The first kappa shape index (κ1) is 8.84. The molecule has 3 nitrogen and oxygen atoms in total. The number of aromatic nitrogens is 1. The topological polar surface area (TPSA) is 44.9 Å². The summed E-state index contributed by atoms with van der Waals surface area (Å²) in [4.78, 5) is 13.3. The fourth-order valence-electron chi connectivity index (χ4n) is 0.887. The molecule has 0 radical (unpaired) electrons. The molecule has 3 heteroatoms. The Balaban J connectivity index is 2.64. The van der Waals surface area contributed by atoms with Crippen LogP contribution in [0, 0.1) is 0 Å². The molecule has 0 fully saturated rings. The quantitative estimate of drug-likeness (QED) is 0.716. The van der Waals surface area contributed by atoms with E-state index >= 15 is 0 Å². The fraction of sp³-hybridized carbons (Fsp3) is 0.444. The van der Waals surface area contributed by atoms with Gasteiger partial charge in [-0.2, -0.15) is 0 Å². The van der Waals surface area contributed by atoms with Gasteiger partial charge in [-0.05, 0) is 19.4 Å². The van der Waals surface area contributed by atoms with Gasteiger partial charge in [0.05, 0.1) is 5.69 Å². The molecule has 0 aromatic carbocycles. The third-order valence-electron chi connectivity index (χ3n) is 1.81. The van der Waals surface area contributed by atoms with Crippen LogP contribution in [0.15, 0.2) is 23.1 Å². The van der Waals surface area contributed by atoms with Crippen molar-refractivity contribution in [3.8, 4) is 0 Å². The predicted octanol–water partition coefficient (Wildman–Crippen LogP) is 1.59. The Hall–Kier alpha value is -1.25. The van der Waals surface area contributed by atoms with E-state index in [9.17, 15) is 4.79 Å². The van der Waals surface area contributed by atoms with Crippen LogP contribution in [0.4, 0.5) is 5.69 Å². The summed E-state index contributed by atoms with van der Waals surface area (Å²) in [5.74, 6) is 0. The molecule has 0 aliphatic carbocycles. The van der Waals surface area contributed by atoms with Crippen LogP contribution in [0.5, 0.6) is 0 Å². The molecule has 1 heterocycles. The monoisotopic (exact) mass is 166 g/mol. The Bertz CT molecular complexity index is 272. The third-order valence-corrected chi connectivity index (χ3v) is 1.81. The number of nitrogens with one attached hydrogen (secondary N) is 2. The van der Waals surface area contributed by atoms with Crippen molar-refractivity contribution in [2.75, 3.05) is 5.32 Å². The molecular weight excluding hydrogens is 152 g/mol. The average Bonchev–Trinajstić information content (AvgIpc) is 2.09. The molecule has 1 atom stereocenters.